The van der Waals surface area contributed by atoms with E-state index < -0.39 is 0 Å². The average molecular weight is 301 g/mol. The SMILES string of the molecule is CCc1cccc(NC(=O)COc2ccc(SC)cc2)c1. The van der Waals surface area contributed by atoms with E-state index in [1.54, 1.807) is 11.8 Å². The smallest absolute Gasteiger partial charge is 0.262 e. The van der Waals surface area contributed by atoms with Crippen molar-refractivity contribution in [3.05, 3.63) is 54.1 Å². The Hall–Kier alpha value is -1.94. The molecule has 0 unspecified atom stereocenters. The molecule has 0 bridgehead atoms. The summed E-state index contributed by atoms with van der Waals surface area (Å²) >= 11 is 1.67. The molecule has 0 spiro atoms. The van der Waals surface area contributed by atoms with Gasteiger partial charge >= 0.3 is 0 Å². The van der Waals surface area contributed by atoms with Crippen LogP contribution in [0.1, 0.15) is 12.5 Å². The Morgan fingerprint density at radius 1 is 1.19 bits per heavy atom. The molecular weight excluding hydrogens is 282 g/mol. The summed E-state index contributed by atoms with van der Waals surface area (Å²) in [5.74, 6) is 0.544. The van der Waals surface area contributed by atoms with Gasteiger partial charge in [-0.15, -0.1) is 11.8 Å². The van der Waals surface area contributed by atoms with Crippen LogP contribution in [0.5, 0.6) is 5.75 Å². The van der Waals surface area contributed by atoms with E-state index in [4.69, 9.17) is 4.74 Å². The van der Waals surface area contributed by atoms with Crippen LogP contribution in [0.15, 0.2) is 53.4 Å². The number of hydrogen-bond acceptors (Lipinski definition) is 3. The molecule has 2 aromatic carbocycles. The Balaban J connectivity index is 1.86. The zero-order valence-corrected chi connectivity index (χ0v) is 13.1. The van der Waals surface area contributed by atoms with Gasteiger partial charge in [-0.25, -0.2) is 0 Å². The molecule has 0 atom stereocenters. The Morgan fingerprint density at radius 2 is 1.95 bits per heavy atom. The first-order valence-electron chi connectivity index (χ1n) is 6.87. The van der Waals surface area contributed by atoms with Gasteiger partial charge in [-0.2, -0.15) is 0 Å². The fraction of sp³-hybridized carbons (Fsp3) is 0.235. The quantitative estimate of drug-likeness (QED) is 0.820. The van der Waals surface area contributed by atoms with Crippen LogP contribution >= 0.6 is 11.8 Å². The van der Waals surface area contributed by atoms with Crippen molar-refractivity contribution in [2.45, 2.75) is 18.2 Å². The number of benzene rings is 2. The molecule has 3 nitrogen and oxygen atoms in total. The highest BCUT2D eigenvalue weighted by Gasteiger charge is 2.04. The predicted octanol–water partition coefficient (Wildman–Crippen LogP) is 3.99. The third-order valence-corrected chi connectivity index (χ3v) is 3.79. The predicted molar refractivity (Wildman–Crippen MR) is 88.2 cm³/mol. The number of carbonyl (C=O) groups is 1. The highest BCUT2D eigenvalue weighted by molar-refractivity contribution is 7.98. The van der Waals surface area contributed by atoms with Crippen LogP contribution in [0, 0.1) is 0 Å². The number of thioether (sulfide) groups is 1. The number of carbonyl (C=O) groups excluding carboxylic acids is 1. The molecular formula is C17H19NO2S. The molecule has 0 radical (unpaired) electrons. The first kappa shape index (κ1) is 15.4. The number of aryl methyl sites for hydroxylation is 1. The lowest BCUT2D eigenvalue weighted by molar-refractivity contribution is -0.118. The normalized spacial score (nSPS) is 10.2. The Bertz CT molecular complexity index is 596. The van der Waals surface area contributed by atoms with Crippen LogP contribution in [-0.2, 0) is 11.2 Å². The van der Waals surface area contributed by atoms with Crippen LogP contribution in [0.2, 0.25) is 0 Å². The van der Waals surface area contributed by atoms with Gasteiger partial charge in [0.15, 0.2) is 6.61 Å². The summed E-state index contributed by atoms with van der Waals surface area (Å²) in [5.41, 5.74) is 2.00. The fourth-order valence-electron chi connectivity index (χ4n) is 1.89. The number of rotatable bonds is 6. The largest absolute Gasteiger partial charge is 0.484 e. The van der Waals surface area contributed by atoms with Crippen LogP contribution in [0.4, 0.5) is 5.69 Å². The average Bonchev–Trinajstić information content (AvgIpc) is 2.53. The van der Waals surface area contributed by atoms with E-state index in [0.29, 0.717) is 5.75 Å². The highest BCUT2D eigenvalue weighted by Crippen LogP contribution is 2.19. The van der Waals surface area contributed by atoms with Crippen LogP contribution in [0.3, 0.4) is 0 Å². The summed E-state index contributed by atoms with van der Waals surface area (Å²) in [5, 5.41) is 2.84. The minimum Gasteiger partial charge on any atom is -0.484 e. The lowest BCUT2D eigenvalue weighted by Gasteiger charge is -2.08. The third-order valence-electron chi connectivity index (χ3n) is 3.05. The second-order valence-corrected chi connectivity index (χ2v) is 5.45. The van der Waals surface area contributed by atoms with E-state index in [-0.39, 0.29) is 12.5 Å². The molecule has 0 saturated heterocycles. The zero-order chi connectivity index (χ0) is 15.1. The Kier molecular flexibility index (Phi) is 5.69. The van der Waals surface area contributed by atoms with Crippen molar-refractivity contribution in [3.8, 4) is 5.75 Å². The molecule has 2 aromatic rings. The topological polar surface area (TPSA) is 38.3 Å². The van der Waals surface area contributed by atoms with Crippen molar-refractivity contribution in [3.63, 3.8) is 0 Å². The summed E-state index contributed by atoms with van der Waals surface area (Å²) in [7, 11) is 0. The standard InChI is InChI=1S/C17H19NO2S/c1-3-13-5-4-6-14(11-13)18-17(19)12-20-15-7-9-16(21-2)10-8-15/h4-11H,3,12H2,1-2H3,(H,18,19). The highest BCUT2D eigenvalue weighted by atomic mass is 32.2. The van der Waals surface area contributed by atoms with Gasteiger partial charge in [0.1, 0.15) is 5.75 Å². The molecule has 0 aliphatic heterocycles. The van der Waals surface area contributed by atoms with E-state index in [0.717, 1.165) is 12.1 Å². The van der Waals surface area contributed by atoms with Crippen molar-refractivity contribution in [2.24, 2.45) is 0 Å². The summed E-state index contributed by atoms with van der Waals surface area (Å²) in [6.45, 7) is 2.09. The first-order valence-corrected chi connectivity index (χ1v) is 8.09. The maximum Gasteiger partial charge on any atom is 0.262 e. The molecule has 1 amide bonds. The monoisotopic (exact) mass is 301 g/mol. The second kappa shape index (κ2) is 7.74. The van der Waals surface area contributed by atoms with Crippen molar-refractivity contribution in [1.82, 2.24) is 0 Å². The maximum absolute atomic E-state index is 11.9. The molecule has 110 valence electrons. The molecule has 1 N–H and O–H groups in total. The van der Waals surface area contributed by atoms with Gasteiger partial charge in [0.25, 0.3) is 5.91 Å². The number of nitrogens with one attached hydrogen (secondary N) is 1. The second-order valence-electron chi connectivity index (χ2n) is 4.57. The molecule has 0 heterocycles. The zero-order valence-electron chi connectivity index (χ0n) is 12.3. The lowest BCUT2D eigenvalue weighted by Crippen LogP contribution is -2.20. The number of ether oxygens (including phenoxy) is 1. The van der Waals surface area contributed by atoms with Crippen LogP contribution in [0.25, 0.3) is 0 Å². The lowest BCUT2D eigenvalue weighted by atomic mass is 10.1. The van der Waals surface area contributed by atoms with Gasteiger partial charge in [0, 0.05) is 10.6 Å². The van der Waals surface area contributed by atoms with Gasteiger partial charge < -0.3 is 10.1 Å². The number of anilines is 1. The van der Waals surface area contributed by atoms with E-state index in [1.165, 1.54) is 10.5 Å². The molecule has 0 aliphatic rings. The fourth-order valence-corrected chi connectivity index (χ4v) is 2.30. The van der Waals surface area contributed by atoms with Crippen molar-refractivity contribution < 1.29 is 9.53 Å². The third kappa shape index (κ3) is 4.83. The summed E-state index contributed by atoms with van der Waals surface area (Å²) in [4.78, 5) is 13.0. The number of hydrogen-bond donors (Lipinski definition) is 1. The van der Waals surface area contributed by atoms with E-state index in [1.807, 2.05) is 54.8 Å². The van der Waals surface area contributed by atoms with Crippen molar-refractivity contribution >= 4 is 23.4 Å². The van der Waals surface area contributed by atoms with Gasteiger partial charge in [0.05, 0.1) is 0 Å². The first-order chi connectivity index (χ1) is 10.2. The van der Waals surface area contributed by atoms with Gasteiger partial charge in [-0.3, -0.25) is 4.79 Å². The molecule has 0 aromatic heterocycles. The molecule has 0 saturated carbocycles. The molecule has 0 fully saturated rings. The van der Waals surface area contributed by atoms with Crippen LogP contribution < -0.4 is 10.1 Å². The minimum atomic E-state index is -0.155. The Morgan fingerprint density at radius 3 is 2.62 bits per heavy atom. The molecule has 2 rings (SSSR count). The van der Waals surface area contributed by atoms with E-state index in [2.05, 4.69) is 12.2 Å². The summed E-state index contributed by atoms with van der Waals surface area (Å²) in [6, 6.07) is 15.5. The summed E-state index contributed by atoms with van der Waals surface area (Å²) < 4.78 is 5.47. The molecule has 0 aliphatic carbocycles. The Labute approximate surface area is 129 Å². The maximum atomic E-state index is 11.9. The molecule has 4 heteroatoms. The van der Waals surface area contributed by atoms with Crippen molar-refractivity contribution in [2.75, 3.05) is 18.2 Å². The van der Waals surface area contributed by atoms with E-state index >= 15 is 0 Å². The van der Waals surface area contributed by atoms with Gasteiger partial charge in [0.2, 0.25) is 0 Å². The van der Waals surface area contributed by atoms with E-state index in [9.17, 15) is 4.79 Å². The van der Waals surface area contributed by atoms with Gasteiger partial charge in [-0.05, 0) is 54.6 Å². The minimum absolute atomic E-state index is 0.00890. The van der Waals surface area contributed by atoms with Crippen molar-refractivity contribution in [1.29, 1.82) is 0 Å². The van der Waals surface area contributed by atoms with Gasteiger partial charge in [-0.1, -0.05) is 19.1 Å². The molecule has 21 heavy (non-hydrogen) atoms. The summed E-state index contributed by atoms with van der Waals surface area (Å²) in [6.07, 6.45) is 2.97. The number of amides is 1. The van der Waals surface area contributed by atoms with Crippen LogP contribution in [-0.4, -0.2) is 18.8 Å².